The summed E-state index contributed by atoms with van der Waals surface area (Å²) in [5, 5.41) is 6.77. The Bertz CT molecular complexity index is 743. The van der Waals surface area contributed by atoms with Crippen LogP contribution in [0, 0.1) is 5.92 Å². The van der Waals surface area contributed by atoms with Crippen molar-refractivity contribution in [3.05, 3.63) is 48.0 Å². The van der Waals surface area contributed by atoms with Gasteiger partial charge in [0.05, 0.1) is 11.5 Å². The third-order valence-electron chi connectivity index (χ3n) is 4.94. The lowest BCUT2D eigenvalue weighted by Crippen LogP contribution is -2.46. The van der Waals surface area contributed by atoms with Crippen LogP contribution in [0.15, 0.2) is 41.9 Å². The largest absolute Gasteiger partial charge is 0.353 e. The highest BCUT2D eigenvalue weighted by atomic mass is 32.2. The Hall–Kier alpha value is -1.82. The standard InChI is InChI=1S/C19H27N3O2S/c1-2-10-20-19(21-13-15-9-11-25(23,24)14-15)22-18-8-7-16-5-3-4-6-17(16)12-18/h2-6,15,18H,1,7-14H2,(H2,20,21,22). The summed E-state index contributed by atoms with van der Waals surface area (Å²) in [5.74, 6) is 1.46. The van der Waals surface area contributed by atoms with Crippen molar-refractivity contribution in [2.75, 3.05) is 24.6 Å². The number of sulfone groups is 1. The Morgan fingerprint density at radius 1 is 1.28 bits per heavy atom. The van der Waals surface area contributed by atoms with Crippen LogP contribution in [0.5, 0.6) is 0 Å². The molecule has 2 N–H and O–H groups in total. The minimum absolute atomic E-state index is 0.138. The van der Waals surface area contributed by atoms with E-state index in [0.29, 0.717) is 24.9 Å². The van der Waals surface area contributed by atoms with Crippen LogP contribution in [0.4, 0.5) is 0 Å². The van der Waals surface area contributed by atoms with Crippen LogP contribution < -0.4 is 10.6 Å². The Kier molecular flexibility index (Phi) is 5.78. The minimum Gasteiger partial charge on any atom is -0.353 e. The Morgan fingerprint density at radius 2 is 2.08 bits per heavy atom. The van der Waals surface area contributed by atoms with Crippen LogP contribution >= 0.6 is 0 Å². The quantitative estimate of drug-likeness (QED) is 0.476. The van der Waals surface area contributed by atoms with Crippen LogP contribution in [0.1, 0.15) is 24.0 Å². The maximum atomic E-state index is 11.6. The summed E-state index contributed by atoms with van der Waals surface area (Å²) in [6, 6.07) is 8.93. The highest BCUT2D eigenvalue weighted by Crippen LogP contribution is 2.21. The average molecular weight is 362 g/mol. The van der Waals surface area contributed by atoms with Crippen LogP contribution in [0.2, 0.25) is 0 Å². The monoisotopic (exact) mass is 361 g/mol. The summed E-state index contributed by atoms with van der Waals surface area (Å²) in [7, 11) is -2.85. The van der Waals surface area contributed by atoms with E-state index < -0.39 is 9.84 Å². The predicted octanol–water partition coefficient (Wildman–Crippen LogP) is 1.70. The van der Waals surface area contributed by atoms with Crippen molar-refractivity contribution in [1.29, 1.82) is 0 Å². The number of aliphatic imine (C=N–C) groups is 1. The number of nitrogens with one attached hydrogen (secondary N) is 2. The first-order chi connectivity index (χ1) is 12.1. The molecule has 0 aromatic heterocycles. The van der Waals surface area contributed by atoms with E-state index in [2.05, 4.69) is 46.5 Å². The van der Waals surface area contributed by atoms with Crippen molar-refractivity contribution in [3.63, 3.8) is 0 Å². The zero-order valence-corrected chi connectivity index (χ0v) is 15.4. The SMILES string of the molecule is C=CCNC(=NCC1CCS(=O)(=O)C1)NC1CCc2ccccc2C1. The molecule has 0 bridgehead atoms. The third-order valence-corrected chi connectivity index (χ3v) is 6.77. The van der Waals surface area contributed by atoms with Gasteiger partial charge in [0.1, 0.15) is 0 Å². The van der Waals surface area contributed by atoms with Gasteiger partial charge in [0.2, 0.25) is 0 Å². The number of benzene rings is 1. The summed E-state index contributed by atoms with van der Waals surface area (Å²) in [4.78, 5) is 4.64. The summed E-state index contributed by atoms with van der Waals surface area (Å²) in [6.07, 6.45) is 5.65. The molecule has 0 saturated carbocycles. The van der Waals surface area contributed by atoms with Gasteiger partial charge >= 0.3 is 0 Å². The van der Waals surface area contributed by atoms with Gasteiger partial charge in [-0.1, -0.05) is 30.3 Å². The summed E-state index contributed by atoms with van der Waals surface area (Å²) in [5.41, 5.74) is 2.84. The van der Waals surface area contributed by atoms with E-state index in [1.165, 1.54) is 11.1 Å². The smallest absolute Gasteiger partial charge is 0.191 e. The fraction of sp³-hybridized carbons (Fsp3) is 0.526. The molecule has 0 spiro atoms. The number of aryl methyl sites for hydroxylation is 1. The van der Waals surface area contributed by atoms with Crippen molar-refractivity contribution in [2.45, 2.75) is 31.7 Å². The molecule has 3 rings (SSSR count). The van der Waals surface area contributed by atoms with Crippen molar-refractivity contribution in [3.8, 4) is 0 Å². The van der Waals surface area contributed by atoms with Gasteiger partial charge in [-0.3, -0.25) is 4.99 Å². The van der Waals surface area contributed by atoms with Crippen LogP contribution in [0.3, 0.4) is 0 Å². The van der Waals surface area contributed by atoms with E-state index in [-0.39, 0.29) is 11.7 Å². The molecule has 6 heteroatoms. The Balaban J connectivity index is 1.61. The zero-order valence-electron chi connectivity index (χ0n) is 14.6. The maximum Gasteiger partial charge on any atom is 0.191 e. The maximum absolute atomic E-state index is 11.6. The number of guanidine groups is 1. The lowest BCUT2D eigenvalue weighted by Gasteiger charge is -2.27. The molecule has 136 valence electrons. The molecule has 0 amide bonds. The van der Waals surface area contributed by atoms with E-state index in [1.807, 2.05) is 0 Å². The average Bonchev–Trinajstić information content (AvgIpc) is 2.96. The second-order valence-electron chi connectivity index (χ2n) is 6.98. The van der Waals surface area contributed by atoms with E-state index in [1.54, 1.807) is 6.08 Å². The second-order valence-corrected chi connectivity index (χ2v) is 9.21. The molecule has 1 saturated heterocycles. The normalized spacial score (nSPS) is 25.2. The predicted molar refractivity (Wildman–Crippen MR) is 103 cm³/mol. The van der Waals surface area contributed by atoms with Gasteiger partial charge in [-0.2, -0.15) is 0 Å². The molecule has 2 unspecified atom stereocenters. The fourth-order valence-corrected chi connectivity index (χ4v) is 5.42. The molecule has 1 aliphatic heterocycles. The molecule has 1 fully saturated rings. The first kappa shape index (κ1) is 18.0. The number of hydrogen-bond donors (Lipinski definition) is 2. The number of nitrogens with zero attached hydrogens (tertiary/aromatic N) is 1. The van der Waals surface area contributed by atoms with Gasteiger partial charge in [-0.25, -0.2) is 8.42 Å². The molecule has 5 nitrogen and oxygen atoms in total. The van der Waals surface area contributed by atoms with E-state index in [0.717, 1.165) is 31.6 Å². The molecule has 2 aliphatic rings. The number of hydrogen-bond acceptors (Lipinski definition) is 3. The molecule has 0 radical (unpaired) electrons. The highest BCUT2D eigenvalue weighted by Gasteiger charge is 2.27. The van der Waals surface area contributed by atoms with Gasteiger partial charge in [-0.15, -0.1) is 6.58 Å². The molecule has 2 atom stereocenters. The van der Waals surface area contributed by atoms with Crippen LogP contribution in [-0.2, 0) is 22.7 Å². The molecular weight excluding hydrogens is 334 g/mol. The number of rotatable bonds is 5. The van der Waals surface area contributed by atoms with Crippen LogP contribution in [0.25, 0.3) is 0 Å². The topological polar surface area (TPSA) is 70.6 Å². The van der Waals surface area contributed by atoms with E-state index >= 15 is 0 Å². The number of fused-ring (bicyclic) bond motifs is 1. The summed E-state index contributed by atoms with van der Waals surface area (Å²) >= 11 is 0. The Labute approximate surface area is 150 Å². The van der Waals surface area contributed by atoms with Crippen molar-refractivity contribution in [1.82, 2.24) is 10.6 Å². The molecule has 25 heavy (non-hydrogen) atoms. The first-order valence-electron chi connectivity index (χ1n) is 8.98. The van der Waals surface area contributed by atoms with E-state index in [4.69, 9.17) is 0 Å². The highest BCUT2D eigenvalue weighted by molar-refractivity contribution is 7.91. The van der Waals surface area contributed by atoms with Crippen LogP contribution in [-0.4, -0.2) is 45.0 Å². The molecule has 1 aromatic carbocycles. The third kappa shape index (κ3) is 5.08. The minimum atomic E-state index is -2.85. The summed E-state index contributed by atoms with van der Waals surface area (Å²) in [6.45, 7) is 4.93. The lowest BCUT2D eigenvalue weighted by molar-refractivity contribution is 0.518. The summed E-state index contributed by atoms with van der Waals surface area (Å²) < 4.78 is 23.2. The molecular formula is C19H27N3O2S. The Morgan fingerprint density at radius 3 is 2.80 bits per heavy atom. The fourth-order valence-electron chi connectivity index (χ4n) is 3.57. The molecule has 1 aliphatic carbocycles. The van der Waals surface area contributed by atoms with Gasteiger partial charge in [0, 0.05) is 19.1 Å². The van der Waals surface area contributed by atoms with Crippen molar-refractivity contribution in [2.24, 2.45) is 10.9 Å². The van der Waals surface area contributed by atoms with Gasteiger partial charge in [0.15, 0.2) is 15.8 Å². The first-order valence-corrected chi connectivity index (χ1v) is 10.8. The second kappa shape index (κ2) is 8.04. The van der Waals surface area contributed by atoms with Gasteiger partial charge in [0.25, 0.3) is 0 Å². The van der Waals surface area contributed by atoms with Crippen molar-refractivity contribution >= 4 is 15.8 Å². The molecule has 1 aromatic rings. The zero-order chi connectivity index (χ0) is 17.7. The lowest BCUT2D eigenvalue weighted by atomic mass is 9.88. The van der Waals surface area contributed by atoms with Gasteiger partial charge in [-0.05, 0) is 42.7 Å². The van der Waals surface area contributed by atoms with E-state index in [9.17, 15) is 8.42 Å². The molecule has 1 heterocycles. The van der Waals surface area contributed by atoms with Gasteiger partial charge < -0.3 is 10.6 Å². The van der Waals surface area contributed by atoms with Crippen molar-refractivity contribution < 1.29 is 8.42 Å².